The molecular weight excluding hydrogens is 342 g/mol. The molecule has 1 unspecified atom stereocenters. The summed E-state index contributed by atoms with van der Waals surface area (Å²) in [4.78, 5) is 11.7. The molecule has 1 heterocycles. The van der Waals surface area contributed by atoms with E-state index in [1.54, 1.807) is 48.5 Å². The van der Waals surface area contributed by atoms with E-state index in [1.807, 2.05) is 12.1 Å². The number of carbonyl (C=O) groups is 1. The molecule has 0 radical (unpaired) electrons. The second-order valence-electron chi connectivity index (χ2n) is 4.75. The summed E-state index contributed by atoms with van der Waals surface area (Å²) in [6, 6.07) is 17.7. The number of hydrogen-bond donors (Lipinski definition) is 0. The van der Waals surface area contributed by atoms with E-state index in [9.17, 15) is 9.36 Å². The van der Waals surface area contributed by atoms with Crippen LogP contribution < -0.4 is 10.6 Å². The summed E-state index contributed by atoms with van der Waals surface area (Å²) in [5.41, 5.74) is 0. The van der Waals surface area contributed by atoms with Gasteiger partial charge in [0.25, 0.3) is 0 Å². The van der Waals surface area contributed by atoms with Crippen LogP contribution in [0.1, 0.15) is 0 Å². The Bertz CT molecular complexity index is 744. The lowest BCUT2D eigenvalue weighted by Gasteiger charge is -2.24. The number of esters is 1. The molecule has 1 atom stereocenters. The summed E-state index contributed by atoms with van der Waals surface area (Å²) >= 11 is 12.0. The molecule has 112 valence electrons. The van der Waals surface area contributed by atoms with Crippen LogP contribution in [0.5, 0.6) is 0 Å². The normalized spacial score (nSPS) is 18.5. The Morgan fingerprint density at radius 2 is 1.32 bits per heavy atom. The van der Waals surface area contributed by atoms with Gasteiger partial charge in [-0.2, -0.15) is 0 Å². The Balaban J connectivity index is 2.22. The van der Waals surface area contributed by atoms with Crippen LogP contribution >= 0.6 is 30.3 Å². The van der Waals surface area contributed by atoms with Gasteiger partial charge in [0.15, 0.2) is 13.0 Å². The highest BCUT2D eigenvalue weighted by Crippen LogP contribution is 2.55. The van der Waals surface area contributed by atoms with Crippen molar-refractivity contribution in [2.24, 2.45) is 0 Å². The van der Waals surface area contributed by atoms with E-state index in [2.05, 4.69) is 0 Å². The van der Waals surface area contributed by atoms with E-state index in [0.29, 0.717) is 10.6 Å². The number of rotatable bonds is 3. The predicted molar refractivity (Wildman–Crippen MR) is 88.4 cm³/mol. The summed E-state index contributed by atoms with van der Waals surface area (Å²) in [7, 11) is -3.32. The first-order valence-corrected chi connectivity index (χ1v) is 9.05. The fourth-order valence-electron chi connectivity index (χ4n) is 2.36. The molecule has 2 aromatic rings. The molecule has 0 N–H and O–H groups in total. The molecule has 0 aromatic heterocycles. The van der Waals surface area contributed by atoms with Gasteiger partial charge >= 0.3 is 5.97 Å². The molecule has 3 nitrogen and oxygen atoms in total. The van der Waals surface area contributed by atoms with E-state index < -0.39 is 19.0 Å². The minimum Gasteiger partial charge on any atom is -0.443 e. The van der Waals surface area contributed by atoms with Gasteiger partial charge in [-0.3, -0.25) is 0 Å². The predicted octanol–water partition coefficient (Wildman–Crippen LogP) is 3.57. The number of hydrogen-bond acceptors (Lipinski definition) is 3. The largest absolute Gasteiger partial charge is 0.443 e. The fourth-order valence-corrected chi connectivity index (χ4v) is 5.88. The maximum atomic E-state index is 13.9. The van der Waals surface area contributed by atoms with E-state index >= 15 is 0 Å². The van der Waals surface area contributed by atoms with Gasteiger partial charge in [-0.05, 0) is 0 Å². The summed E-state index contributed by atoms with van der Waals surface area (Å²) in [5.74, 6) is -1.83. The van der Waals surface area contributed by atoms with Crippen molar-refractivity contribution in [3.8, 4) is 0 Å². The van der Waals surface area contributed by atoms with Crippen molar-refractivity contribution >= 4 is 46.9 Å². The van der Waals surface area contributed by atoms with E-state index in [-0.39, 0.29) is 10.1 Å². The molecule has 22 heavy (non-hydrogen) atoms. The second kappa shape index (κ2) is 5.92. The molecule has 6 heteroatoms. The molecule has 0 bridgehead atoms. The first kappa shape index (κ1) is 15.4. The van der Waals surface area contributed by atoms with Crippen molar-refractivity contribution < 1.29 is 14.1 Å². The second-order valence-corrected chi connectivity index (χ2v) is 8.35. The molecule has 1 aliphatic heterocycles. The van der Waals surface area contributed by atoms with E-state index in [4.69, 9.17) is 27.9 Å². The molecule has 0 amide bonds. The highest BCUT2D eigenvalue weighted by molar-refractivity contribution is 7.79. The number of carbonyl (C=O) groups excluding carboxylic acids is 1. The monoisotopic (exact) mass is 352 g/mol. The lowest BCUT2D eigenvalue weighted by atomic mass is 10.4. The van der Waals surface area contributed by atoms with Crippen LogP contribution in [0.3, 0.4) is 0 Å². The Labute approximate surface area is 137 Å². The van der Waals surface area contributed by atoms with Gasteiger partial charge in [-0.15, -0.1) is 0 Å². The van der Waals surface area contributed by atoms with Crippen LogP contribution in [-0.2, 0) is 14.1 Å². The highest BCUT2D eigenvalue weighted by atomic mass is 35.5. The Morgan fingerprint density at radius 3 is 1.68 bits per heavy atom. The third-order valence-electron chi connectivity index (χ3n) is 3.43. The summed E-state index contributed by atoms with van der Waals surface area (Å²) in [5, 5.41) is 0.897. The summed E-state index contributed by atoms with van der Waals surface area (Å²) < 4.78 is 19.1. The van der Waals surface area contributed by atoms with Gasteiger partial charge in [0.2, 0.25) is 0 Å². The van der Waals surface area contributed by atoms with Gasteiger partial charge < -0.3 is 9.30 Å². The van der Waals surface area contributed by atoms with Gasteiger partial charge in [0.05, 0.1) is 5.03 Å². The highest BCUT2D eigenvalue weighted by Gasteiger charge is 2.47. The lowest BCUT2D eigenvalue weighted by molar-refractivity contribution is -0.136. The van der Waals surface area contributed by atoms with E-state index in [0.717, 1.165) is 0 Å². The minimum absolute atomic E-state index is 0.0114. The molecule has 2 aromatic carbocycles. The van der Waals surface area contributed by atoms with Crippen LogP contribution in [0.4, 0.5) is 0 Å². The fraction of sp³-hybridized carbons (Fsp3) is 0.0625. The molecule has 0 spiro atoms. The zero-order chi connectivity index (χ0) is 15.7. The quantitative estimate of drug-likeness (QED) is 0.626. The first-order chi connectivity index (χ1) is 10.5. The van der Waals surface area contributed by atoms with Crippen LogP contribution in [0, 0.1) is 0 Å². The van der Waals surface area contributed by atoms with Crippen molar-refractivity contribution in [1.29, 1.82) is 0 Å². The van der Waals surface area contributed by atoms with Crippen LogP contribution in [-0.4, -0.2) is 11.8 Å². The Kier molecular flexibility index (Phi) is 4.14. The number of halogens is 2. The maximum Gasteiger partial charge on any atom is 0.352 e. The summed E-state index contributed by atoms with van der Waals surface area (Å²) in [6.07, 6.45) is 0. The molecule has 0 saturated carbocycles. The van der Waals surface area contributed by atoms with Crippen LogP contribution in [0.15, 0.2) is 70.7 Å². The smallest absolute Gasteiger partial charge is 0.352 e. The van der Waals surface area contributed by atoms with Crippen molar-refractivity contribution in [3.05, 3.63) is 70.7 Å². The van der Waals surface area contributed by atoms with Gasteiger partial charge in [-0.25, -0.2) is 4.79 Å². The van der Waals surface area contributed by atoms with Crippen molar-refractivity contribution in [1.82, 2.24) is 0 Å². The molecule has 0 saturated heterocycles. The van der Waals surface area contributed by atoms with Crippen LogP contribution in [0.2, 0.25) is 0 Å². The van der Waals surface area contributed by atoms with Gasteiger partial charge in [-0.1, -0.05) is 83.9 Å². The number of cyclic esters (lactones) is 1. The molecule has 0 fully saturated rings. The van der Waals surface area contributed by atoms with Gasteiger partial charge in [0.1, 0.15) is 5.03 Å². The van der Waals surface area contributed by atoms with Crippen molar-refractivity contribution in [3.63, 3.8) is 0 Å². The Morgan fingerprint density at radius 1 is 0.864 bits per heavy atom. The van der Waals surface area contributed by atoms with Gasteiger partial charge in [0, 0.05) is 10.6 Å². The third kappa shape index (κ3) is 2.40. The van der Waals surface area contributed by atoms with Crippen molar-refractivity contribution in [2.75, 3.05) is 0 Å². The molecule has 0 aliphatic carbocycles. The number of benzene rings is 2. The SMILES string of the molecule is O=C1OC(P(=O)(c2ccccc2)c2ccccc2)C(Cl)=C1Cl. The zero-order valence-electron chi connectivity index (χ0n) is 11.3. The van der Waals surface area contributed by atoms with Crippen LogP contribution in [0.25, 0.3) is 0 Å². The third-order valence-corrected chi connectivity index (χ3v) is 7.58. The summed E-state index contributed by atoms with van der Waals surface area (Å²) in [6.45, 7) is 0. The molecule has 1 aliphatic rings. The zero-order valence-corrected chi connectivity index (χ0v) is 13.7. The molecular formula is C16H11Cl2O3P. The number of ether oxygens (including phenoxy) is 1. The van der Waals surface area contributed by atoms with Crippen molar-refractivity contribution in [2.45, 2.75) is 5.85 Å². The first-order valence-electron chi connectivity index (χ1n) is 6.52. The lowest BCUT2D eigenvalue weighted by Crippen LogP contribution is -2.26. The maximum absolute atomic E-state index is 13.9. The molecule has 3 rings (SSSR count). The average molecular weight is 353 g/mol. The minimum atomic E-state index is -3.32. The standard InChI is InChI=1S/C16H11Cl2O3P/c17-13-14(18)16(21-15(13)19)22(20,11-7-3-1-4-8-11)12-9-5-2-6-10-12/h1-10,16H. The van der Waals surface area contributed by atoms with E-state index in [1.165, 1.54) is 0 Å². The average Bonchev–Trinajstić information content (AvgIpc) is 2.83. The topological polar surface area (TPSA) is 43.4 Å². The Hall–Kier alpha value is -1.54.